The third kappa shape index (κ3) is 9.50. The lowest BCUT2D eigenvalue weighted by atomic mass is 9.94. The van der Waals surface area contributed by atoms with Crippen LogP contribution in [0.4, 0.5) is 0 Å². The van der Waals surface area contributed by atoms with E-state index in [9.17, 15) is 9.13 Å². The molecule has 0 N–H and O–H groups in total. The Morgan fingerprint density at radius 2 is 1.28 bits per heavy atom. The van der Waals surface area contributed by atoms with E-state index in [1.807, 2.05) is 18.2 Å². The first-order valence-corrected chi connectivity index (χ1v) is 17.4. The van der Waals surface area contributed by atoms with Crippen LogP contribution in [0, 0.1) is 5.92 Å². The van der Waals surface area contributed by atoms with Gasteiger partial charge in [0.1, 0.15) is 0 Å². The molecular weight excluding hydrogens is 532 g/mol. The molecule has 0 spiro atoms. The van der Waals surface area contributed by atoms with Crippen LogP contribution in [0.5, 0.6) is 0 Å². The molecule has 0 bridgehead atoms. The number of likely N-dealkylation sites (tertiary alicyclic amines) is 1. The summed E-state index contributed by atoms with van der Waals surface area (Å²) in [5.41, 5.74) is 3.63. The molecule has 9 heteroatoms. The van der Waals surface area contributed by atoms with E-state index in [0.29, 0.717) is 6.42 Å². The summed E-state index contributed by atoms with van der Waals surface area (Å²) in [4.78, 5) is 2.45. The topological polar surface area (TPSA) is 74.3 Å². The molecule has 3 rings (SSSR count). The summed E-state index contributed by atoms with van der Waals surface area (Å²) in [6, 6.07) is 18.9. The van der Waals surface area contributed by atoms with Gasteiger partial charge in [-0.3, -0.25) is 14.0 Å². The second-order valence-electron chi connectivity index (χ2n) is 9.68. The van der Waals surface area contributed by atoms with Gasteiger partial charge in [-0.2, -0.15) is 0 Å². The van der Waals surface area contributed by atoms with Crippen LogP contribution in [0.25, 0.3) is 12.2 Å². The van der Waals surface area contributed by atoms with Gasteiger partial charge in [-0.25, -0.2) is 0 Å². The highest BCUT2D eigenvalue weighted by Gasteiger charge is 2.51. The van der Waals surface area contributed by atoms with Crippen molar-refractivity contribution >= 4 is 27.3 Å². The van der Waals surface area contributed by atoms with Crippen molar-refractivity contribution in [2.24, 2.45) is 5.92 Å². The molecule has 0 unspecified atom stereocenters. The van der Waals surface area contributed by atoms with Crippen LogP contribution >= 0.6 is 15.2 Å². The van der Waals surface area contributed by atoms with Crippen molar-refractivity contribution in [2.75, 3.05) is 39.5 Å². The first-order chi connectivity index (χ1) is 18.9. The fourth-order valence-electron chi connectivity index (χ4n) is 5.06. The average Bonchev–Trinajstić information content (AvgIpc) is 2.93. The van der Waals surface area contributed by atoms with Gasteiger partial charge in [0.25, 0.3) is 0 Å². The minimum atomic E-state index is -3.71. The molecule has 1 aliphatic rings. The number of benzene rings is 2. The van der Waals surface area contributed by atoms with E-state index in [1.165, 1.54) is 16.7 Å². The molecule has 216 valence electrons. The van der Waals surface area contributed by atoms with E-state index in [4.69, 9.17) is 18.1 Å². The van der Waals surface area contributed by atoms with Crippen LogP contribution in [-0.4, -0.2) is 49.8 Å². The minimum absolute atomic E-state index is 0.198. The van der Waals surface area contributed by atoms with E-state index in [2.05, 4.69) is 53.5 Å². The minimum Gasteiger partial charge on any atom is -0.308 e. The molecule has 1 heterocycles. The summed E-state index contributed by atoms with van der Waals surface area (Å²) >= 11 is 0. The van der Waals surface area contributed by atoms with Crippen molar-refractivity contribution in [3.8, 4) is 0 Å². The van der Waals surface area contributed by atoms with Crippen LogP contribution < -0.4 is 0 Å². The highest BCUT2D eigenvalue weighted by molar-refractivity contribution is 7.72. The Bertz CT molecular complexity index is 1070. The Balaban J connectivity index is 1.65. The molecule has 0 radical (unpaired) electrons. The summed E-state index contributed by atoms with van der Waals surface area (Å²) < 4.78 is 50.4. The van der Waals surface area contributed by atoms with Gasteiger partial charge < -0.3 is 18.1 Å². The third-order valence-electron chi connectivity index (χ3n) is 6.84. The molecule has 1 aliphatic heterocycles. The number of hydrogen-bond donors (Lipinski definition) is 0. The van der Waals surface area contributed by atoms with Crippen molar-refractivity contribution < 1.29 is 27.2 Å². The highest BCUT2D eigenvalue weighted by Crippen LogP contribution is 2.72. The van der Waals surface area contributed by atoms with Crippen molar-refractivity contribution in [2.45, 2.75) is 58.9 Å². The molecular formula is C30H45NO6P2. The van der Waals surface area contributed by atoms with E-state index in [0.717, 1.165) is 32.5 Å². The van der Waals surface area contributed by atoms with Crippen LogP contribution in [-0.2, 0) is 33.8 Å². The van der Waals surface area contributed by atoms with Crippen molar-refractivity contribution in [3.63, 3.8) is 0 Å². The fraction of sp³-hybridized carbons (Fsp3) is 0.533. The molecule has 0 atom stereocenters. The quantitative estimate of drug-likeness (QED) is 0.147. The van der Waals surface area contributed by atoms with Crippen molar-refractivity contribution in [1.82, 2.24) is 4.90 Å². The van der Waals surface area contributed by atoms with E-state index >= 15 is 0 Å². The fourth-order valence-corrected chi connectivity index (χ4v) is 10.6. The standard InChI is InChI=1S/C30H45NO6P2/c1-5-34-38(32,35-6-2)30(39(33,36-7-3)37-8-4)24-28-19-21-31(22-20-28)25-29-16-12-15-27(23-29)18-17-26-13-10-9-11-14-26/h9-18,23,28,30H,5-8,19-22,24-25H2,1-4H3. The van der Waals surface area contributed by atoms with Crippen LogP contribution in [0.2, 0.25) is 0 Å². The Kier molecular flexibility index (Phi) is 13.1. The molecule has 2 aromatic carbocycles. The van der Waals surface area contributed by atoms with Gasteiger partial charge in [0, 0.05) is 6.54 Å². The maximum absolute atomic E-state index is 13.9. The summed E-state index contributed by atoms with van der Waals surface area (Å²) in [6.45, 7) is 10.5. The maximum Gasteiger partial charge on any atom is 0.345 e. The lowest BCUT2D eigenvalue weighted by molar-refractivity contribution is 0.160. The van der Waals surface area contributed by atoms with E-state index < -0.39 is 20.6 Å². The number of rotatable bonds is 16. The zero-order chi connectivity index (χ0) is 28.1. The predicted octanol–water partition coefficient (Wildman–Crippen LogP) is 8.32. The second-order valence-corrected chi connectivity index (χ2v) is 14.5. The predicted molar refractivity (Wildman–Crippen MR) is 160 cm³/mol. The molecule has 1 saturated heterocycles. The number of piperidine rings is 1. The molecule has 39 heavy (non-hydrogen) atoms. The zero-order valence-corrected chi connectivity index (χ0v) is 25.7. The van der Waals surface area contributed by atoms with Crippen LogP contribution in [0.15, 0.2) is 54.6 Å². The molecule has 7 nitrogen and oxygen atoms in total. The first kappa shape index (κ1) is 32.0. The monoisotopic (exact) mass is 577 g/mol. The van der Waals surface area contributed by atoms with Crippen molar-refractivity contribution in [1.29, 1.82) is 0 Å². The van der Waals surface area contributed by atoms with Crippen LogP contribution in [0.3, 0.4) is 0 Å². The highest BCUT2D eigenvalue weighted by atomic mass is 31.2. The summed E-state index contributed by atoms with van der Waals surface area (Å²) in [6.07, 6.45) is 6.51. The first-order valence-electron chi connectivity index (χ1n) is 14.2. The van der Waals surface area contributed by atoms with Gasteiger partial charge in [0.15, 0.2) is 5.40 Å². The lowest BCUT2D eigenvalue weighted by Gasteiger charge is -2.36. The van der Waals surface area contributed by atoms with Gasteiger partial charge in [-0.05, 0) is 82.7 Å². The third-order valence-corrected chi connectivity index (χ3v) is 12.9. The molecule has 2 aromatic rings. The number of nitrogens with zero attached hydrogens (tertiary/aromatic N) is 1. The van der Waals surface area contributed by atoms with Gasteiger partial charge in [-0.15, -0.1) is 0 Å². The van der Waals surface area contributed by atoms with Crippen molar-refractivity contribution in [3.05, 3.63) is 71.3 Å². The van der Waals surface area contributed by atoms with E-state index in [1.54, 1.807) is 27.7 Å². The Hall–Kier alpha value is -1.56. The average molecular weight is 578 g/mol. The zero-order valence-electron chi connectivity index (χ0n) is 23.9. The maximum atomic E-state index is 13.9. The van der Waals surface area contributed by atoms with Gasteiger partial charge in [-0.1, -0.05) is 66.7 Å². The largest absolute Gasteiger partial charge is 0.345 e. The van der Waals surface area contributed by atoms with Gasteiger partial charge >= 0.3 is 15.2 Å². The summed E-state index contributed by atoms with van der Waals surface area (Å²) in [7, 11) is -7.43. The summed E-state index contributed by atoms with van der Waals surface area (Å²) in [5, 5.41) is -0.936. The molecule has 0 amide bonds. The Morgan fingerprint density at radius 3 is 1.82 bits per heavy atom. The lowest BCUT2D eigenvalue weighted by Crippen LogP contribution is -2.34. The molecule has 0 saturated carbocycles. The Labute approximate surface area is 235 Å². The molecule has 0 aliphatic carbocycles. The SMILES string of the molecule is CCOP(=O)(OCC)C(CC1CCN(Cc2cccc(C=Cc3ccccc3)c2)CC1)P(=O)(OCC)OCC. The number of hydrogen-bond acceptors (Lipinski definition) is 7. The molecule has 0 aromatic heterocycles. The Morgan fingerprint density at radius 1 is 0.769 bits per heavy atom. The van der Waals surface area contributed by atoms with Gasteiger partial charge in [0.2, 0.25) is 0 Å². The smallest absolute Gasteiger partial charge is 0.308 e. The van der Waals surface area contributed by atoms with Gasteiger partial charge in [0.05, 0.1) is 26.4 Å². The normalized spacial score (nSPS) is 15.9. The second kappa shape index (κ2) is 16.0. The summed E-state index contributed by atoms with van der Waals surface area (Å²) in [5.74, 6) is 0.217. The molecule has 1 fully saturated rings. The van der Waals surface area contributed by atoms with Crippen LogP contribution in [0.1, 0.15) is 63.6 Å². The van der Waals surface area contributed by atoms with E-state index in [-0.39, 0.29) is 32.3 Å².